The average molecular weight is 285 g/mol. The van der Waals surface area contributed by atoms with E-state index in [1.54, 1.807) is 23.5 Å². The number of thiophene rings is 1. The summed E-state index contributed by atoms with van der Waals surface area (Å²) in [5, 5.41) is 3.40. The smallest absolute Gasteiger partial charge is 0.123 e. The molecule has 2 aromatic carbocycles. The number of hydrogen-bond donors (Lipinski definition) is 1. The van der Waals surface area contributed by atoms with Crippen molar-refractivity contribution < 1.29 is 4.39 Å². The van der Waals surface area contributed by atoms with E-state index in [1.807, 2.05) is 19.1 Å². The molecular weight excluding hydrogens is 269 g/mol. The van der Waals surface area contributed by atoms with Gasteiger partial charge in [0.25, 0.3) is 0 Å². The van der Waals surface area contributed by atoms with Crippen LogP contribution in [0.2, 0.25) is 0 Å². The summed E-state index contributed by atoms with van der Waals surface area (Å²) in [4.78, 5) is 0. The van der Waals surface area contributed by atoms with Gasteiger partial charge in [-0.15, -0.1) is 11.3 Å². The van der Waals surface area contributed by atoms with Gasteiger partial charge in [0.05, 0.1) is 0 Å². The number of halogens is 1. The number of hydrogen-bond acceptors (Lipinski definition) is 2. The lowest BCUT2D eigenvalue weighted by atomic mass is 9.96. The highest BCUT2D eigenvalue weighted by molar-refractivity contribution is 7.17. The minimum atomic E-state index is -0.226. The zero-order valence-corrected chi connectivity index (χ0v) is 12.1. The topological polar surface area (TPSA) is 26.0 Å². The summed E-state index contributed by atoms with van der Waals surface area (Å²) >= 11 is 1.73. The molecule has 0 saturated heterocycles. The fourth-order valence-electron chi connectivity index (χ4n) is 2.55. The molecule has 1 aromatic heterocycles. The number of nitrogens with two attached hydrogens (primary N) is 1. The maximum atomic E-state index is 13.4. The van der Waals surface area contributed by atoms with Crippen LogP contribution in [0.3, 0.4) is 0 Å². The Morgan fingerprint density at radius 2 is 2.00 bits per heavy atom. The highest BCUT2D eigenvalue weighted by Crippen LogP contribution is 2.29. The Morgan fingerprint density at radius 1 is 1.20 bits per heavy atom. The quantitative estimate of drug-likeness (QED) is 0.748. The Labute approximate surface area is 121 Å². The SMILES string of the molecule is Cc1ccc(F)cc1C(N)Cc1csc2ccccc12. The number of fused-ring (bicyclic) bond motifs is 1. The van der Waals surface area contributed by atoms with Gasteiger partial charge in [-0.25, -0.2) is 4.39 Å². The number of rotatable bonds is 3. The van der Waals surface area contributed by atoms with Gasteiger partial charge in [-0.3, -0.25) is 0 Å². The first-order valence-corrected chi connectivity index (χ1v) is 7.50. The third kappa shape index (κ3) is 2.47. The summed E-state index contributed by atoms with van der Waals surface area (Å²) < 4.78 is 14.7. The second-order valence-electron chi connectivity index (χ2n) is 5.07. The van der Waals surface area contributed by atoms with Crippen LogP contribution in [0.1, 0.15) is 22.7 Å². The Bertz CT molecular complexity index is 748. The van der Waals surface area contributed by atoms with Crippen molar-refractivity contribution in [2.75, 3.05) is 0 Å². The van der Waals surface area contributed by atoms with Crippen LogP contribution in [0.4, 0.5) is 4.39 Å². The minimum Gasteiger partial charge on any atom is -0.324 e. The fraction of sp³-hybridized carbons (Fsp3) is 0.176. The summed E-state index contributed by atoms with van der Waals surface area (Å²) in [7, 11) is 0. The van der Waals surface area contributed by atoms with Crippen LogP contribution in [0, 0.1) is 12.7 Å². The third-order valence-corrected chi connectivity index (χ3v) is 4.65. The lowest BCUT2D eigenvalue weighted by Gasteiger charge is -2.14. The molecule has 1 atom stereocenters. The third-order valence-electron chi connectivity index (χ3n) is 3.64. The minimum absolute atomic E-state index is 0.177. The van der Waals surface area contributed by atoms with Crippen molar-refractivity contribution in [2.45, 2.75) is 19.4 Å². The van der Waals surface area contributed by atoms with Crippen LogP contribution in [-0.2, 0) is 6.42 Å². The Balaban J connectivity index is 1.92. The van der Waals surface area contributed by atoms with Crippen LogP contribution in [-0.4, -0.2) is 0 Å². The van der Waals surface area contributed by atoms with E-state index in [2.05, 4.69) is 17.5 Å². The average Bonchev–Trinajstić information content (AvgIpc) is 2.85. The van der Waals surface area contributed by atoms with E-state index in [0.29, 0.717) is 0 Å². The van der Waals surface area contributed by atoms with Crippen molar-refractivity contribution in [3.8, 4) is 0 Å². The van der Waals surface area contributed by atoms with Crippen molar-refractivity contribution in [1.29, 1.82) is 0 Å². The first-order chi connectivity index (χ1) is 9.65. The summed E-state index contributed by atoms with van der Waals surface area (Å²) in [5.41, 5.74) is 9.45. The molecule has 1 heterocycles. The highest BCUT2D eigenvalue weighted by atomic mass is 32.1. The van der Waals surface area contributed by atoms with Crippen molar-refractivity contribution in [3.05, 3.63) is 70.4 Å². The molecular formula is C17H16FNS. The van der Waals surface area contributed by atoms with Crippen LogP contribution in [0.15, 0.2) is 47.8 Å². The first-order valence-electron chi connectivity index (χ1n) is 6.62. The molecule has 0 saturated carbocycles. The van der Waals surface area contributed by atoms with E-state index in [-0.39, 0.29) is 11.9 Å². The maximum Gasteiger partial charge on any atom is 0.123 e. The first kappa shape index (κ1) is 13.3. The lowest BCUT2D eigenvalue weighted by Crippen LogP contribution is -2.14. The molecule has 102 valence electrons. The molecule has 0 aliphatic rings. The second kappa shape index (κ2) is 5.35. The summed E-state index contributed by atoms with van der Waals surface area (Å²) in [5.74, 6) is -0.226. The Kier molecular flexibility index (Phi) is 3.55. The van der Waals surface area contributed by atoms with E-state index in [9.17, 15) is 4.39 Å². The van der Waals surface area contributed by atoms with Gasteiger partial charge < -0.3 is 5.73 Å². The number of aryl methyl sites for hydroxylation is 1. The Morgan fingerprint density at radius 3 is 2.85 bits per heavy atom. The van der Waals surface area contributed by atoms with Crippen LogP contribution in [0.25, 0.3) is 10.1 Å². The molecule has 0 aliphatic heterocycles. The number of benzene rings is 2. The van der Waals surface area contributed by atoms with E-state index in [4.69, 9.17) is 5.73 Å². The molecule has 1 unspecified atom stereocenters. The standard InChI is InChI=1S/C17H16FNS/c1-11-6-7-13(18)9-15(11)16(19)8-12-10-20-17-5-3-2-4-14(12)17/h2-7,9-10,16H,8,19H2,1H3. The van der Waals surface area contributed by atoms with Gasteiger partial charge >= 0.3 is 0 Å². The summed E-state index contributed by atoms with van der Waals surface area (Å²) in [6.07, 6.45) is 0.730. The lowest BCUT2D eigenvalue weighted by molar-refractivity contribution is 0.617. The monoisotopic (exact) mass is 285 g/mol. The van der Waals surface area contributed by atoms with Crippen molar-refractivity contribution >= 4 is 21.4 Å². The summed E-state index contributed by atoms with van der Waals surface area (Å²) in [6, 6.07) is 12.9. The van der Waals surface area contributed by atoms with Gasteiger partial charge in [0.15, 0.2) is 0 Å². The molecule has 0 bridgehead atoms. The fourth-order valence-corrected chi connectivity index (χ4v) is 3.52. The molecule has 0 radical (unpaired) electrons. The molecule has 3 aromatic rings. The predicted molar refractivity (Wildman–Crippen MR) is 83.6 cm³/mol. The van der Waals surface area contributed by atoms with Crippen molar-refractivity contribution in [1.82, 2.24) is 0 Å². The van der Waals surface area contributed by atoms with E-state index >= 15 is 0 Å². The maximum absolute atomic E-state index is 13.4. The molecule has 0 spiro atoms. The van der Waals surface area contributed by atoms with E-state index in [0.717, 1.165) is 17.5 Å². The predicted octanol–water partition coefficient (Wildman–Crippen LogP) is 4.59. The van der Waals surface area contributed by atoms with Gasteiger partial charge in [-0.05, 0) is 59.0 Å². The zero-order valence-electron chi connectivity index (χ0n) is 11.3. The molecule has 0 fully saturated rings. The second-order valence-corrected chi connectivity index (χ2v) is 5.98. The zero-order chi connectivity index (χ0) is 14.1. The van der Waals surface area contributed by atoms with Gasteiger partial charge in [-0.2, -0.15) is 0 Å². The molecule has 3 heteroatoms. The van der Waals surface area contributed by atoms with Crippen LogP contribution in [0.5, 0.6) is 0 Å². The largest absolute Gasteiger partial charge is 0.324 e. The van der Waals surface area contributed by atoms with Gasteiger partial charge in [0.1, 0.15) is 5.82 Å². The van der Waals surface area contributed by atoms with Crippen molar-refractivity contribution in [3.63, 3.8) is 0 Å². The van der Waals surface area contributed by atoms with E-state index < -0.39 is 0 Å². The Hall–Kier alpha value is -1.71. The molecule has 3 rings (SSSR count). The van der Waals surface area contributed by atoms with Crippen molar-refractivity contribution in [2.24, 2.45) is 5.73 Å². The van der Waals surface area contributed by atoms with Gasteiger partial charge in [0.2, 0.25) is 0 Å². The molecule has 2 N–H and O–H groups in total. The van der Waals surface area contributed by atoms with E-state index in [1.165, 1.54) is 21.7 Å². The molecule has 1 nitrogen and oxygen atoms in total. The summed E-state index contributed by atoms with van der Waals surface area (Å²) in [6.45, 7) is 1.97. The van der Waals surface area contributed by atoms with Crippen LogP contribution < -0.4 is 5.73 Å². The molecule has 0 amide bonds. The van der Waals surface area contributed by atoms with Gasteiger partial charge in [-0.1, -0.05) is 24.3 Å². The highest BCUT2D eigenvalue weighted by Gasteiger charge is 2.13. The van der Waals surface area contributed by atoms with Crippen LogP contribution >= 0.6 is 11.3 Å². The normalized spacial score (nSPS) is 12.8. The molecule has 20 heavy (non-hydrogen) atoms. The molecule has 0 aliphatic carbocycles. The van der Waals surface area contributed by atoms with Gasteiger partial charge in [0, 0.05) is 10.7 Å².